The summed E-state index contributed by atoms with van der Waals surface area (Å²) in [5, 5.41) is 4.57. The topological polar surface area (TPSA) is 71.4 Å². The molecule has 0 bridgehead atoms. The Kier molecular flexibility index (Phi) is 6.91. The smallest absolute Gasteiger partial charge is 0.293 e. The van der Waals surface area contributed by atoms with Crippen LogP contribution in [0.5, 0.6) is 0 Å². The molecule has 1 N–H and O–H groups in total. The summed E-state index contributed by atoms with van der Waals surface area (Å²) in [7, 11) is 0. The number of hydrogen-bond acceptors (Lipinski definition) is 4. The summed E-state index contributed by atoms with van der Waals surface area (Å²) in [5.41, 5.74) is 2.32. The van der Waals surface area contributed by atoms with E-state index in [0.29, 0.717) is 20.5 Å². The average molecular weight is 528 g/mol. The molecule has 1 aliphatic carbocycles. The van der Waals surface area contributed by atoms with E-state index in [1.807, 2.05) is 35.0 Å². The van der Waals surface area contributed by atoms with Crippen LogP contribution in [0.2, 0.25) is 10.0 Å². The fourth-order valence-corrected chi connectivity index (χ4v) is 5.91. The Labute approximate surface area is 217 Å². The second-order valence-corrected chi connectivity index (χ2v) is 10.6. The molecule has 1 aromatic heterocycles. The van der Waals surface area contributed by atoms with Gasteiger partial charge in [0, 0.05) is 38.8 Å². The first-order valence-electron chi connectivity index (χ1n) is 11.5. The molecule has 0 atom stereocenters. The molecule has 0 unspecified atom stereocenters. The minimum atomic E-state index is -0.373. The molecule has 2 heterocycles. The number of imide groups is 1. The maximum atomic E-state index is 13.1. The van der Waals surface area contributed by atoms with Gasteiger partial charge in [0.2, 0.25) is 5.91 Å². The van der Waals surface area contributed by atoms with Gasteiger partial charge in [0.05, 0.1) is 11.4 Å². The van der Waals surface area contributed by atoms with E-state index in [4.69, 9.17) is 23.2 Å². The van der Waals surface area contributed by atoms with Gasteiger partial charge >= 0.3 is 0 Å². The molecule has 180 valence electrons. The summed E-state index contributed by atoms with van der Waals surface area (Å²) in [4.78, 5) is 39.9. The van der Waals surface area contributed by atoms with Gasteiger partial charge < -0.3 is 9.88 Å². The molecule has 35 heavy (non-hydrogen) atoms. The number of aromatic nitrogens is 1. The predicted octanol–water partition coefficient (Wildman–Crippen LogP) is 6.24. The van der Waals surface area contributed by atoms with Crippen molar-refractivity contribution < 1.29 is 14.4 Å². The minimum Gasteiger partial charge on any atom is -0.352 e. The monoisotopic (exact) mass is 527 g/mol. The van der Waals surface area contributed by atoms with Crippen molar-refractivity contribution in [3.8, 4) is 0 Å². The number of benzene rings is 2. The molecule has 2 fully saturated rings. The van der Waals surface area contributed by atoms with Crippen molar-refractivity contribution in [2.45, 2.75) is 44.8 Å². The number of carbonyl (C=O) groups is 3. The third kappa shape index (κ3) is 5.13. The highest BCUT2D eigenvalue weighted by Crippen LogP contribution is 2.36. The number of halogens is 2. The van der Waals surface area contributed by atoms with Crippen LogP contribution < -0.4 is 5.32 Å². The first kappa shape index (κ1) is 24.0. The number of para-hydroxylation sites is 1. The van der Waals surface area contributed by atoms with Gasteiger partial charge in [-0.2, -0.15) is 0 Å². The molecule has 1 saturated heterocycles. The number of rotatable bonds is 6. The molecule has 0 spiro atoms. The fraction of sp³-hybridized carbons (Fsp3) is 0.269. The number of carbonyl (C=O) groups excluding carboxylic acids is 3. The van der Waals surface area contributed by atoms with Gasteiger partial charge in [-0.1, -0.05) is 60.3 Å². The zero-order valence-corrected chi connectivity index (χ0v) is 21.1. The van der Waals surface area contributed by atoms with E-state index in [1.54, 1.807) is 24.3 Å². The standard InChI is InChI=1S/C26H23Cl2N3O3S/c27-18-10-9-16(21(28)12-18)14-31-25(33)23(35-26(31)34)11-17-13-30(22-8-4-3-7-20(17)22)15-24(32)29-19-5-1-2-6-19/h3-4,7-13,19H,1-2,5-6,14-15H2,(H,29,32)/b23-11-. The molecule has 2 aromatic carbocycles. The highest BCUT2D eigenvalue weighted by molar-refractivity contribution is 8.18. The fourth-order valence-electron chi connectivity index (χ4n) is 4.62. The third-order valence-electron chi connectivity index (χ3n) is 6.36. The number of thioether (sulfide) groups is 1. The number of amides is 3. The lowest BCUT2D eigenvalue weighted by Gasteiger charge is -2.13. The van der Waals surface area contributed by atoms with Crippen LogP contribution in [0.1, 0.15) is 36.8 Å². The quantitative estimate of drug-likeness (QED) is 0.385. The maximum Gasteiger partial charge on any atom is 0.293 e. The second-order valence-electron chi connectivity index (χ2n) is 8.78. The molecule has 1 aliphatic heterocycles. The third-order valence-corrected chi connectivity index (χ3v) is 7.85. The second kappa shape index (κ2) is 10.1. The Morgan fingerprint density at radius 2 is 1.89 bits per heavy atom. The molecule has 2 aliphatic rings. The Morgan fingerprint density at radius 1 is 1.11 bits per heavy atom. The molecule has 5 rings (SSSR count). The van der Waals surface area contributed by atoms with E-state index in [-0.39, 0.29) is 36.2 Å². The summed E-state index contributed by atoms with van der Waals surface area (Å²) in [6.07, 6.45) is 7.95. The summed E-state index contributed by atoms with van der Waals surface area (Å²) in [6, 6.07) is 13.0. The van der Waals surface area contributed by atoms with Gasteiger partial charge in [0.15, 0.2) is 0 Å². The van der Waals surface area contributed by atoms with Crippen LogP contribution in [-0.4, -0.2) is 32.6 Å². The number of hydrogen-bond donors (Lipinski definition) is 1. The summed E-state index contributed by atoms with van der Waals surface area (Å²) in [6.45, 7) is 0.266. The molecular weight excluding hydrogens is 505 g/mol. The van der Waals surface area contributed by atoms with Gasteiger partial charge in [-0.05, 0) is 54.4 Å². The highest BCUT2D eigenvalue weighted by atomic mass is 35.5. The SMILES string of the molecule is O=C(Cn1cc(/C=C2\SC(=O)N(Cc3ccc(Cl)cc3Cl)C2=O)c2ccccc21)NC1CCCC1. The summed E-state index contributed by atoms with van der Waals surface area (Å²) >= 11 is 13.1. The van der Waals surface area contributed by atoms with Crippen molar-refractivity contribution in [1.82, 2.24) is 14.8 Å². The van der Waals surface area contributed by atoms with Crippen LogP contribution in [0.3, 0.4) is 0 Å². The summed E-state index contributed by atoms with van der Waals surface area (Å²) < 4.78 is 1.89. The molecule has 6 nitrogen and oxygen atoms in total. The predicted molar refractivity (Wildman–Crippen MR) is 140 cm³/mol. The Hall–Kier alpha value is -2.74. The molecule has 0 radical (unpaired) electrons. The number of fused-ring (bicyclic) bond motifs is 1. The minimum absolute atomic E-state index is 0.0237. The van der Waals surface area contributed by atoms with E-state index >= 15 is 0 Å². The maximum absolute atomic E-state index is 13.1. The van der Waals surface area contributed by atoms with Crippen molar-refractivity contribution in [2.75, 3.05) is 0 Å². The molecule has 3 aromatic rings. The van der Waals surface area contributed by atoms with Crippen LogP contribution >= 0.6 is 35.0 Å². The number of nitrogens with zero attached hydrogens (tertiary/aromatic N) is 2. The van der Waals surface area contributed by atoms with Gasteiger partial charge in [-0.3, -0.25) is 19.3 Å². The average Bonchev–Trinajstić information content (AvgIpc) is 3.52. The normalized spacial score (nSPS) is 17.8. The molecule has 9 heteroatoms. The van der Waals surface area contributed by atoms with Gasteiger partial charge in [-0.15, -0.1) is 0 Å². The molecule has 3 amide bonds. The van der Waals surface area contributed by atoms with Crippen molar-refractivity contribution in [2.24, 2.45) is 0 Å². The van der Waals surface area contributed by atoms with E-state index < -0.39 is 0 Å². The van der Waals surface area contributed by atoms with Gasteiger partial charge in [0.1, 0.15) is 6.54 Å². The molecular formula is C26H23Cl2N3O3S. The van der Waals surface area contributed by atoms with Crippen LogP contribution in [0.15, 0.2) is 53.6 Å². The first-order valence-corrected chi connectivity index (χ1v) is 13.0. The van der Waals surface area contributed by atoms with Crippen LogP contribution in [-0.2, 0) is 22.7 Å². The lowest BCUT2D eigenvalue weighted by molar-refractivity contribution is -0.123. The van der Waals surface area contributed by atoms with Gasteiger partial charge in [0.25, 0.3) is 11.1 Å². The lowest BCUT2D eigenvalue weighted by atomic mass is 10.1. The Bertz CT molecular complexity index is 1360. The van der Waals surface area contributed by atoms with Crippen LogP contribution in [0.25, 0.3) is 17.0 Å². The lowest BCUT2D eigenvalue weighted by Crippen LogP contribution is -2.35. The van der Waals surface area contributed by atoms with E-state index in [9.17, 15) is 14.4 Å². The molecule has 1 saturated carbocycles. The van der Waals surface area contributed by atoms with E-state index in [2.05, 4.69) is 5.32 Å². The first-order chi connectivity index (χ1) is 16.9. The van der Waals surface area contributed by atoms with Crippen molar-refractivity contribution in [1.29, 1.82) is 0 Å². The van der Waals surface area contributed by atoms with Gasteiger partial charge in [-0.25, -0.2) is 0 Å². The van der Waals surface area contributed by atoms with Crippen molar-refractivity contribution in [3.05, 3.63) is 74.7 Å². The van der Waals surface area contributed by atoms with Crippen molar-refractivity contribution in [3.63, 3.8) is 0 Å². The van der Waals surface area contributed by atoms with E-state index in [0.717, 1.165) is 53.9 Å². The summed E-state index contributed by atoms with van der Waals surface area (Å²) in [5.74, 6) is -0.397. The van der Waals surface area contributed by atoms with E-state index in [1.165, 1.54) is 4.90 Å². The van der Waals surface area contributed by atoms with Crippen LogP contribution in [0.4, 0.5) is 4.79 Å². The highest BCUT2D eigenvalue weighted by Gasteiger charge is 2.35. The Balaban J connectivity index is 1.38. The zero-order valence-electron chi connectivity index (χ0n) is 18.8. The number of nitrogens with one attached hydrogen (secondary N) is 1. The zero-order chi connectivity index (χ0) is 24.5. The largest absolute Gasteiger partial charge is 0.352 e. The van der Waals surface area contributed by atoms with Crippen LogP contribution in [0, 0.1) is 0 Å². The Morgan fingerprint density at radius 3 is 2.66 bits per heavy atom. The van der Waals surface area contributed by atoms with Crippen molar-refractivity contribution >= 4 is 69.0 Å².